The Labute approximate surface area is 232 Å². The Morgan fingerprint density at radius 1 is 1.23 bits per heavy atom. The minimum absolute atomic E-state index is 0.136. The van der Waals surface area contributed by atoms with Crippen LogP contribution in [0.25, 0.3) is 11.1 Å². The van der Waals surface area contributed by atoms with E-state index in [1.54, 1.807) is 19.1 Å². The number of fused-ring (bicyclic) bond motifs is 1. The van der Waals surface area contributed by atoms with E-state index in [9.17, 15) is 9.90 Å². The van der Waals surface area contributed by atoms with Crippen molar-refractivity contribution in [2.24, 2.45) is 11.7 Å². The van der Waals surface area contributed by atoms with Crippen LogP contribution in [0.3, 0.4) is 0 Å². The first-order valence-corrected chi connectivity index (χ1v) is 13.5. The number of likely N-dealkylation sites (tertiary alicyclic amines) is 1. The summed E-state index contributed by atoms with van der Waals surface area (Å²) in [5.41, 5.74) is 8.38. The topological polar surface area (TPSA) is 85.0 Å². The third-order valence-electron chi connectivity index (χ3n) is 7.66. The fraction of sp³-hybridized carbons (Fsp3) is 0.323. The monoisotopic (exact) mass is 550 g/mol. The average molecular weight is 551 g/mol. The lowest BCUT2D eigenvalue weighted by atomic mass is 9.84. The van der Waals surface area contributed by atoms with Gasteiger partial charge in [-0.3, -0.25) is 9.69 Å². The molecule has 0 aromatic heterocycles. The van der Waals surface area contributed by atoms with Gasteiger partial charge in [-0.15, -0.1) is 0 Å². The molecule has 1 fully saturated rings. The van der Waals surface area contributed by atoms with Gasteiger partial charge < -0.3 is 20.3 Å². The second-order valence-corrected chi connectivity index (χ2v) is 10.9. The van der Waals surface area contributed by atoms with Crippen LogP contribution in [0.1, 0.15) is 60.3 Å². The number of ether oxygens (including phenoxy) is 2. The summed E-state index contributed by atoms with van der Waals surface area (Å²) in [6.45, 7) is 8.96. The average Bonchev–Trinajstić information content (AvgIpc) is 3.36. The highest BCUT2D eigenvalue weighted by Gasteiger charge is 2.33. The van der Waals surface area contributed by atoms with E-state index in [1.807, 2.05) is 24.3 Å². The van der Waals surface area contributed by atoms with E-state index in [4.69, 9.17) is 26.8 Å². The summed E-state index contributed by atoms with van der Waals surface area (Å²) >= 11 is 6.17. The SMILES string of the molecule is CC1=C(c2ccc(Cl)cc2C(N)=O)C(c2ccc(OC[C@H](C)N3CC[C@@H](C)C3)cc2)Oc2ccc(O)c(F)c21. The van der Waals surface area contributed by atoms with Gasteiger partial charge in [-0.1, -0.05) is 36.7 Å². The lowest BCUT2D eigenvalue weighted by Gasteiger charge is -2.32. The van der Waals surface area contributed by atoms with Gasteiger partial charge in [0.05, 0.1) is 5.56 Å². The van der Waals surface area contributed by atoms with Crippen LogP contribution in [0, 0.1) is 11.7 Å². The molecule has 3 aromatic rings. The van der Waals surface area contributed by atoms with Gasteiger partial charge in [-0.05, 0) is 85.8 Å². The molecule has 1 amide bonds. The lowest BCUT2D eigenvalue weighted by Crippen LogP contribution is -2.35. The molecule has 3 aromatic carbocycles. The van der Waals surface area contributed by atoms with Crippen LogP contribution in [0.15, 0.2) is 54.6 Å². The Morgan fingerprint density at radius 2 is 1.97 bits per heavy atom. The number of aromatic hydroxyl groups is 1. The van der Waals surface area contributed by atoms with Crippen LogP contribution in [-0.4, -0.2) is 41.7 Å². The molecule has 0 aliphatic carbocycles. The molecule has 5 rings (SSSR count). The number of halogens is 2. The van der Waals surface area contributed by atoms with E-state index < -0.39 is 23.6 Å². The quantitative estimate of drug-likeness (QED) is 0.353. The molecule has 6 nitrogen and oxygen atoms in total. The van der Waals surface area contributed by atoms with Crippen molar-refractivity contribution in [3.63, 3.8) is 0 Å². The third kappa shape index (κ3) is 5.34. The number of nitrogens with zero attached hydrogens (tertiary/aromatic N) is 1. The summed E-state index contributed by atoms with van der Waals surface area (Å²) in [5, 5.41) is 10.4. The molecule has 0 bridgehead atoms. The highest BCUT2D eigenvalue weighted by molar-refractivity contribution is 6.31. The highest BCUT2D eigenvalue weighted by Crippen LogP contribution is 2.49. The van der Waals surface area contributed by atoms with Crippen molar-refractivity contribution >= 4 is 28.7 Å². The van der Waals surface area contributed by atoms with Crippen molar-refractivity contribution in [2.75, 3.05) is 19.7 Å². The number of benzene rings is 3. The molecule has 2 aliphatic heterocycles. The highest BCUT2D eigenvalue weighted by atomic mass is 35.5. The van der Waals surface area contributed by atoms with Crippen molar-refractivity contribution in [3.8, 4) is 17.2 Å². The van der Waals surface area contributed by atoms with Crippen molar-refractivity contribution in [2.45, 2.75) is 39.3 Å². The first-order valence-electron chi connectivity index (χ1n) is 13.1. The number of amides is 1. The molecular weight excluding hydrogens is 519 g/mol. The fourth-order valence-electron chi connectivity index (χ4n) is 5.48. The number of allylic oxidation sites excluding steroid dienone is 1. The maximum atomic E-state index is 15.1. The Bertz CT molecular complexity index is 1440. The van der Waals surface area contributed by atoms with E-state index >= 15 is 4.39 Å². The molecule has 0 spiro atoms. The van der Waals surface area contributed by atoms with Crippen molar-refractivity contribution in [1.29, 1.82) is 0 Å². The number of hydrogen-bond acceptors (Lipinski definition) is 5. The maximum absolute atomic E-state index is 15.1. The minimum atomic E-state index is -0.791. The number of carbonyl (C=O) groups is 1. The minimum Gasteiger partial charge on any atom is -0.505 e. The van der Waals surface area contributed by atoms with E-state index in [1.165, 1.54) is 24.6 Å². The van der Waals surface area contributed by atoms with Gasteiger partial charge >= 0.3 is 0 Å². The maximum Gasteiger partial charge on any atom is 0.249 e. The van der Waals surface area contributed by atoms with Crippen molar-refractivity contribution in [1.82, 2.24) is 4.90 Å². The normalized spacial score (nSPS) is 19.9. The first kappa shape index (κ1) is 27.0. The lowest BCUT2D eigenvalue weighted by molar-refractivity contribution is 0.1000. The first-order chi connectivity index (χ1) is 18.6. The largest absolute Gasteiger partial charge is 0.505 e. The van der Waals surface area contributed by atoms with Crippen LogP contribution in [0.2, 0.25) is 5.02 Å². The van der Waals surface area contributed by atoms with E-state index in [0.29, 0.717) is 46.0 Å². The summed E-state index contributed by atoms with van der Waals surface area (Å²) in [4.78, 5) is 14.8. The molecular formula is C31H32ClFN2O4. The Morgan fingerprint density at radius 3 is 2.64 bits per heavy atom. The molecule has 1 saturated heterocycles. The number of phenols is 1. The molecule has 2 heterocycles. The standard InChI is InChI=1S/C31H32ClFN2O4/c1-17-12-13-35(15-17)18(2)16-38-22-7-4-20(5-8-22)30-27(23-9-6-21(32)14-24(23)31(34)37)19(3)28-26(39-30)11-10-25(36)29(28)33/h4-11,14,17-18,30,36H,12-13,15-16H2,1-3H3,(H2,34,37)/t17-,18+,30?/m1/s1. The molecule has 1 unspecified atom stereocenters. The van der Waals surface area contributed by atoms with Gasteiger partial charge in [0.1, 0.15) is 24.2 Å². The summed E-state index contributed by atoms with van der Waals surface area (Å²) in [5.74, 6) is -0.206. The van der Waals surface area contributed by atoms with E-state index in [0.717, 1.165) is 24.4 Å². The van der Waals surface area contributed by atoms with Crippen LogP contribution in [0.5, 0.6) is 17.2 Å². The Kier molecular flexibility index (Phi) is 7.56. The summed E-state index contributed by atoms with van der Waals surface area (Å²) in [6.07, 6.45) is 0.535. The van der Waals surface area contributed by atoms with E-state index in [-0.39, 0.29) is 11.1 Å². The molecule has 3 atom stereocenters. The van der Waals surface area contributed by atoms with Gasteiger partial charge in [0.15, 0.2) is 11.6 Å². The zero-order chi connectivity index (χ0) is 27.8. The summed E-state index contributed by atoms with van der Waals surface area (Å²) in [6, 6.07) is 15.5. The molecule has 0 saturated carbocycles. The second kappa shape index (κ2) is 10.9. The molecule has 3 N–H and O–H groups in total. The van der Waals surface area contributed by atoms with Crippen LogP contribution in [-0.2, 0) is 0 Å². The second-order valence-electron chi connectivity index (χ2n) is 10.5. The fourth-order valence-corrected chi connectivity index (χ4v) is 5.65. The van der Waals surface area contributed by atoms with E-state index in [2.05, 4.69) is 18.7 Å². The summed E-state index contributed by atoms with van der Waals surface area (Å²) < 4.78 is 27.5. The smallest absolute Gasteiger partial charge is 0.249 e. The number of hydrogen-bond donors (Lipinski definition) is 2. The Hall–Kier alpha value is -3.55. The molecule has 39 heavy (non-hydrogen) atoms. The zero-order valence-corrected chi connectivity index (χ0v) is 23.0. The zero-order valence-electron chi connectivity index (χ0n) is 22.2. The third-order valence-corrected chi connectivity index (χ3v) is 7.89. The van der Waals surface area contributed by atoms with Gasteiger partial charge in [-0.2, -0.15) is 0 Å². The number of phenolic OH excluding ortho intramolecular Hbond substituents is 1. The van der Waals surface area contributed by atoms with Crippen LogP contribution >= 0.6 is 11.6 Å². The number of carbonyl (C=O) groups excluding carboxylic acids is 1. The number of primary amides is 1. The van der Waals surface area contributed by atoms with Crippen LogP contribution in [0.4, 0.5) is 4.39 Å². The molecule has 204 valence electrons. The number of rotatable bonds is 7. The molecule has 8 heteroatoms. The van der Waals surface area contributed by atoms with Gasteiger partial charge in [0.25, 0.3) is 0 Å². The molecule has 2 aliphatic rings. The van der Waals surface area contributed by atoms with Crippen LogP contribution < -0.4 is 15.2 Å². The van der Waals surface area contributed by atoms with Gasteiger partial charge in [-0.25, -0.2) is 4.39 Å². The van der Waals surface area contributed by atoms with Crippen molar-refractivity contribution in [3.05, 3.63) is 87.7 Å². The van der Waals surface area contributed by atoms with Gasteiger partial charge in [0.2, 0.25) is 5.91 Å². The van der Waals surface area contributed by atoms with Crippen molar-refractivity contribution < 1.29 is 23.8 Å². The van der Waals surface area contributed by atoms with Gasteiger partial charge in [0, 0.05) is 28.7 Å². The summed E-state index contributed by atoms with van der Waals surface area (Å²) in [7, 11) is 0. The predicted molar refractivity (Wildman–Crippen MR) is 151 cm³/mol. The number of nitrogens with two attached hydrogens (primary N) is 1. The molecule has 0 radical (unpaired) electrons. The Balaban J connectivity index is 1.50. The predicted octanol–water partition coefficient (Wildman–Crippen LogP) is 6.46.